The van der Waals surface area contributed by atoms with Crippen LogP contribution in [0.5, 0.6) is 5.88 Å². The molecule has 0 spiro atoms. The fraction of sp³-hybridized carbons (Fsp3) is 0.200. The lowest BCUT2D eigenvalue weighted by atomic mass is 10.0. The second kappa shape index (κ2) is 5.61. The summed E-state index contributed by atoms with van der Waals surface area (Å²) in [5.74, 6) is -0.0245. The second-order valence-corrected chi connectivity index (χ2v) is 4.33. The molecule has 19 heavy (non-hydrogen) atoms. The van der Waals surface area contributed by atoms with E-state index in [0.29, 0.717) is 11.4 Å². The van der Waals surface area contributed by atoms with E-state index in [-0.39, 0.29) is 12.2 Å². The summed E-state index contributed by atoms with van der Waals surface area (Å²) in [7, 11) is 1.53. The highest BCUT2D eigenvalue weighted by atomic mass is 19.1. The monoisotopic (exact) mass is 259 g/mol. The van der Waals surface area contributed by atoms with Crippen molar-refractivity contribution in [2.45, 2.75) is 13.3 Å². The average Bonchev–Trinajstić information content (AvgIpc) is 2.38. The minimum atomic E-state index is -0.392. The van der Waals surface area contributed by atoms with Crippen molar-refractivity contribution in [3.63, 3.8) is 0 Å². The minimum absolute atomic E-state index is 0.130. The van der Waals surface area contributed by atoms with Gasteiger partial charge in [-0.2, -0.15) is 0 Å². The van der Waals surface area contributed by atoms with Crippen LogP contribution in [0.2, 0.25) is 0 Å². The summed E-state index contributed by atoms with van der Waals surface area (Å²) in [5.41, 5.74) is 1.89. The summed E-state index contributed by atoms with van der Waals surface area (Å²) >= 11 is 0. The molecule has 4 heteroatoms. The Morgan fingerprint density at radius 3 is 2.68 bits per heavy atom. The van der Waals surface area contributed by atoms with E-state index in [1.54, 1.807) is 31.3 Å². The van der Waals surface area contributed by atoms with Crippen molar-refractivity contribution in [2.24, 2.45) is 0 Å². The number of methoxy groups -OCH3 is 1. The van der Waals surface area contributed by atoms with E-state index in [4.69, 9.17) is 4.74 Å². The number of hydrogen-bond acceptors (Lipinski definition) is 3. The molecule has 0 saturated carbocycles. The smallest absolute Gasteiger partial charge is 0.212 e. The van der Waals surface area contributed by atoms with Crippen molar-refractivity contribution in [1.82, 2.24) is 4.98 Å². The van der Waals surface area contributed by atoms with Crippen molar-refractivity contribution >= 4 is 5.78 Å². The number of carbonyl (C=O) groups is 1. The maximum Gasteiger partial charge on any atom is 0.212 e. The number of carbonyl (C=O) groups excluding carboxylic acids is 1. The molecule has 2 rings (SSSR count). The molecule has 2 aromatic rings. The lowest BCUT2D eigenvalue weighted by Gasteiger charge is -2.04. The number of halogens is 1. The Kier molecular flexibility index (Phi) is 3.90. The number of hydrogen-bond donors (Lipinski definition) is 0. The van der Waals surface area contributed by atoms with Gasteiger partial charge >= 0.3 is 0 Å². The van der Waals surface area contributed by atoms with Crippen LogP contribution >= 0.6 is 0 Å². The molecule has 0 bridgehead atoms. The van der Waals surface area contributed by atoms with Crippen LogP contribution < -0.4 is 4.74 Å². The lowest BCUT2D eigenvalue weighted by molar-refractivity contribution is 0.0992. The Bertz CT molecular complexity index is 573. The van der Waals surface area contributed by atoms with Gasteiger partial charge in [0.25, 0.3) is 0 Å². The fourth-order valence-corrected chi connectivity index (χ4v) is 1.82. The summed E-state index contributed by atoms with van der Waals surface area (Å²) in [6.07, 6.45) is 1.78. The number of pyridine rings is 1. The van der Waals surface area contributed by atoms with Gasteiger partial charge < -0.3 is 4.74 Å². The van der Waals surface area contributed by atoms with E-state index in [0.717, 1.165) is 11.1 Å². The van der Waals surface area contributed by atoms with E-state index < -0.39 is 5.82 Å². The third-order valence-electron chi connectivity index (χ3n) is 2.74. The van der Waals surface area contributed by atoms with Crippen LogP contribution in [0.3, 0.4) is 0 Å². The van der Waals surface area contributed by atoms with Crippen LogP contribution in [0.25, 0.3) is 0 Å². The van der Waals surface area contributed by atoms with Crippen LogP contribution in [0, 0.1) is 12.7 Å². The van der Waals surface area contributed by atoms with Crippen molar-refractivity contribution in [1.29, 1.82) is 0 Å². The third kappa shape index (κ3) is 3.37. The molecule has 0 N–H and O–H groups in total. The SMILES string of the molecule is COc1ccc(CC(=O)c2cc(C)cc(F)c2)cn1. The molecule has 1 aromatic heterocycles. The number of ether oxygens (including phenoxy) is 1. The highest BCUT2D eigenvalue weighted by molar-refractivity contribution is 5.97. The van der Waals surface area contributed by atoms with Gasteiger partial charge in [0.1, 0.15) is 5.82 Å². The molecule has 0 unspecified atom stereocenters. The van der Waals surface area contributed by atoms with E-state index in [9.17, 15) is 9.18 Å². The maximum absolute atomic E-state index is 13.2. The molecule has 1 aromatic carbocycles. The zero-order valence-electron chi connectivity index (χ0n) is 10.8. The van der Waals surface area contributed by atoms with E-state index >= 15 is 0 Å². The van der Waals surface area contributed by atoms with Gasteiger partial charge in [-0.1, -0.05) is 6.07 Å². The first-order valence-corrected chi connectivity index (χ1v) is 5.88. The van der Waals surface area contributed by atoms with E-state index in [1.807, 2.05) is 0 Å². The molecule has 0 saturated heterocycles. The Labute approximate surface area is 111 Å². The molecule has 98 valence electrons. The van der Waals surface area contributed by atoms with Crippen LogP contribution in [0.4, 0.5) is 4.39 Å². The molecule has 0 amide bonds. The number of benzene rings is 1. The van der Waals surface area contributed by atoms with Gasteiger partial charge in [0.15, 0.2) is 5.78 Å². The quantitative estimate of drug-likeness (QED) is 0.792. The molecule has 0 atom stereocenters. The standard InChI is InChI=1S/C15H14FNO2/c1-10-5-12(8-13(16)6-10)14(18)7-11-3-4-15(19-2)17-9-11/h3-6,8-9H,7H2,1-2H3. The highest BCUT2D eigenvalue weighted by Gasteiger charge is 2.09. The fourth-order valence-electron chi connectivity index (χ4n) is 1.82. The van der Waals surface area contributed by atoms with Crippen molar-refractivity contribution in [3.8, 4) is 5.88 Å². The topological polar surface area (TPSA) is 39.2 Å². The van der Waals surface area contributed by atoms with Crippen molar-refractivity contribution in [2.75, 3.05) is 7.11 Å². The second-order valence-electron chi connectivity index (χ2n) is 4.33. The summed E-state index contributed by atoms with van der Waals surface area (Å²) in [6, 6.07) is 7.80. The zero-order chi connectivity index (χ0) is 13.8. The molecule has 0 fully saturated rings. The number of nitrogens with zero attached hydrogens (tertiary/aromatic N) is 1. The highest BCUT2D eigenvalue weighted by Crippen LogP contribution is 2.13. The van der Waals surface area contributed by atoms with Crippen molar-refractivity contribution < 1.29 is 13.9 Å². The van der Waals surface area contributed by atoms with Gasteiger partial charge in [-0.05, 0) is 36.2 Å². The van der Waals surface area contributed by atoms with Gasteiger partial charge in [-0.3, -0.25) is 4.79 Å². The summed E-state index contributed by atoms with van der Waals surface area (Å²) < 4.78 is 18.2. The van der Waals surface area contributed by atoms with Crippen LogP contribution in [-0.2, 0) is 6.42 Å². The predicted octanol–water partition coefficient (Wildman–Crippen LogP) is 2.96. The molecule has 0 aliphatic carbocycles. The number of ketones is 1. The van der Waals surface area contributed by atoms with Crippen molar-refractivity contribution in [3.05, 3.63) is 59.0 Å². The third-order valence-corrected chi connectivity index (χ3v) is 2.74. The normalized spacial score (nSPS) is 10.3. The Balaban J connectivity index is 2.15. The maximum atomic E-state index is 13.2. The molecule has 0 radical (unpaired) electrons. The Morgan fingerprint density at radius 2 is 2.11 bits per heavy atom. The van der Waals surface area contributed by atoms with Gasteiger partial charge in [0.2, 0.25) is 5.88 Å². The first kappa shape index (κ1) is 13.2. The van der Waals surface area contributed by atoms with Crippen LogP contribution in [0.15, 0.2) is 36.5 Å². The number of aryl methyl sites for hydroxylation is 1. The number of aromatic nitrogens is 1. The lowest BCUT2D eigenvalue weighted by Crippen LogP contribution is -2.05. The van der Waals surface area contributed by atoms with E-state index in [1.165, 1.54) is 19.2 Å². The first-order valence-electron chi connectivity index (χ1n) is 5.88. The first-order chi connectivity index (χ1) is 9.08. The van der Waals surface area contributed by atoms with Crippen LogP contribution in [-0.4, -0.2) is 17.9 Å². The molecular formula is C15H14FNO2. The number of Topliss-reactive ketones (excluding diaryl/α,β-unsaturated/α-hetero) is 1. The molecule has 0 aliphatic heterocycles. The Hall–Kier alpha value is -2.23. The van der Waals surface area contributed by atoms with Gasteiger partial charge in [0.05, 0.1) is 7.11 Å². The minimum Gasteiger partial charge on any atom is -0.481 e. The van der Waals surface area contributed by atoms with Gasteiger partial charge in [-0.25, -0.2) is 9.37 Å². The molecule has 0 aliphatic rings. The number of rotatable bonds is 4. The largest absolute Gasteiger partial charge is 0.481 e. The predicted molar refractivity (Wildman–Crippen MR) is 70.0 cm³/mol. The van der Waals surface area contributed by atoms with Gasteiger partial charge in [-0.15, -0.1) is 0 Å². The van der Waals surface area contributed by atoms with Crippen LogP contribution in [0.1, 0.15) is 21.5 Å². The summed E-state index contributed by atoms with van der Waals surface area (Å²) in [6.45, 7) is 1.76. The molecule has 1 heterocycles. The van der Waals surface area contributed by atoms with Gasteiger partial charge in [0, 0.05) is 24.2 Å². The summed E-state index contributed by atoms with van der Waals surface area (Å²) in [5, 5.41) is 0. The average molecular weight is 259 g/mol. The zero-order valence-corrected chi connectivity index (χ0v) is 10.8. The van der Waals surface area contributed by atoms with E-state index in [2.05, 4.69) is 4.98 Å². The molecular weight excluding hydrogens is 245 g/mol. The molecule has 3 nitrogen and oxygen atoms in total. The summed E-state index contributed by atoms with van der Waals surface area (Å²) in [4.78, 5) is 16.1. The Morgan fingerprint density at radius 1 is 1.32 bits per heavy atom.